The van der Waals surface area contributed by atoms with Gasteiger partial charge < -0.3 is 19.5 Å². The van der Waals surface area contributed by atoms with E-state index in [0.29, 0.717) is 17.2 Å². The van der Waals surface area contributed by atoms with Gasteiger partial charge in [0.1, 0.15) is 23.9 Å². The van der Waals surface area contributed by atoms with E-state index in [1.54, 1.807) is 24.3 Å². The van der Waals surface area contributed by atoms with E-state index >= 15 is 0 Å². The highest BCUT2D eigenvalue weighted by atomic mass is 32.2. The largest absolute Gasteiger partial charge is 0.497 e. The number of methoxy groups -OCH3 is 1. The Morgan fingerprint density at radius 1 is 1.09 bits per heavy atom. The maximum absolute atomic E-state index is 13.5. The van der Waals surface area contributed by atoms with Gasteiger partial charge in [-0.2, -0.15) is 0 Å². The standard InChI is InChI=1S/C26H28N2O6S/c1-18-8-13-22-24(16-18)34-25(26(29)27-14-15-33-23-7-5-4-6-19(23)2)17-28(22)35(30,31)21-11-9-20(32-3)10-12-21/h4-13,16,25H,14-15,17H2,1-3H3,(H,27,29). The summed E-state index contributed by atoms with van der Waals surface area (Å²) in [5.74, 6) is 1.22. The molecule has 3 aromatic carbocycles. The maximum atomic E-state index is 13.5. The van der Waals surface area contributed by atoms with Gasteiger partial charge in [0.15, 0.2) is 6.10 Å². The first kappa shape index (κ1) is 24.4. The van der Waals surface area contributed by atoms with Gasteiger partial charge in [-0.1, -0.05) is 24.3 Å². The molecule has 0 spiro atoms. The van der Waals surface area contributed by atoms with Crippen LogP contribution in [0, 0.1) is 13.8 Å². The number of anilines is 1. The van der Waals surface area contributed by atoms with Crippen LogP contribution in [0.1, 0.15) is 11.1 Å². The number of carbonyl (C=O) groups excluding carboxylic acids is 1. The molecule has 3 aromatic rings. The van der Waals surface area contributed by atoms with Gasteiger partial charge in [0, 0.05) is 0 Å². The topological polar surface area (TPSA) is 94.2 Å². The van der Waals surface area contributed by atoms with Gasteiger partial charge in [-0.25, -0.2) is 8.42 Å². The fourth-order valence-electron chi connectivity index (χ4n) is 3.77. The van der Waals surface area contributed by atoms with Gasteiger partial charge in [-0.15, -0.1) is 0 Å². The van der Waals surface area contributed by atoms with Crippen molar-refractivity contribution >= 4 is 21.6 Å². The highest BCUT2D eigenvalue weighted by Gasteiger charge is 2.37. The number of aryl methyl sites for hydroxylation is 2. The number of carbonyl (C=O) groups is 1. The smallest absolute Gasteiger partial charge is 0.264 e. The molecule has 35 heavy (non-hydrogen) atoms. The first-order valence-corrected chi connectivity index (χ1v) is 12.6. The van der Waals surface area contributed by atoms with Gasteiger partial charge >= 0.3 is 0 Å². The zero-order valence-corrected chi connectivity index (χ0v) is 20.7. The van der Waals surface area contributed by atoms with Crippen LogP contribution in [0.25, 0.3) is 0 Å². The lowest BCUT2D eigenvalue weighted by molar-refractivity contribution is -0.127. The minimum absolute atomic E-state index is 0.0949. The molecule has 1 atom stereocenters. The van der Waals surface area contributed by atoms with E-state index in [2.05, 4.69) is 5.32 Å². The fraction of sp³-hybridized carbons (Fsp3) is 0.269. The molecule has 1 aliphatic heterocycles. The van der Waals surface area contributed by atoms with Gasteiger partial charge in [-0.3, -0.25) is 9.10 Å². The SMILES string of the molecule is COc1ccc(S(=O)(=O)N2CC(C(=O)NCCOc3ccccc3C)Oc3cc(C)ccc32)cc1. The van der Waals surface area contributed by atoms with Crippen LogP contribution in [0.2, 0.25) is 0 Å². The quantitative estimate of drug-likeness (QED) is 0.480. The Labute approximate surface area is 205 Å². The van der Waals surface area contributed by atoms with Gasteiger partial charge in [0.25, 0.3) is 15.9 Å². The van der Waals surface area contributed by atoms with Crippen molar-refractivity contribution in [3.63, 3.8) is 0 Å². The highest BCUT2D eigenvalue weighted by Crippen LogP contribution is 2.38. The normalized spacial score (nSPS) is 15.1. The lowest BCUT2D eigenvalue weighted by Crippen LogP contribution is -2.51. The second-order valence-corrected chi connectivity index (χ2v) is 10.1. The fourth-order valence-corrected chi connectivity index (χ4v) is 5.24. The van der Waals surface area contributed by atoms with E-state index in [1.165, 1.54) is 23.5 Å². The molecule has 184 valence electrons. The molecule has 1 aliphatic rings. The Morgan fingerprint density at radius 2 is 1.83 bits per heavy atom. The molecular formula is C26H28N2O6S. The van der Waals surface area contributed by atoms with Crippen molar-refractivity contribution in [1.82, 2.24) is 5.32 Å². The van der Waals surface area contributed by atoms with E-state index in [-0.39, 0.29) is 24.6 Å². The van der Waals surface area contributed by atoms with Crippen LogP contribution in [0.4, 0.5) is 5.69 Å². The summed E-state index contributed by atoms with van der Waals surface area (Å²) in [6.07, 6.45) is -1.02. The lowest BCUT2D eigenvalue weighted by Gasteiger charge is -2.35. The summed E-state index contributed by atoms with van der Waals surface area (Å²) in [4.78, 5) is 13.0. The van der Waals surface area contributed by atoms with Gasteiger partial charge in [0.2, 0.25) is 0 Å². The van der Waals surface area contributed by atoms with E-state index in [0.717, 1.165) is 16.9 Å². The summed E-state index contributed by atoms with van der Waals surface area (Å²) < 4.78 is 45.1. The first-order chi connectivity index (χ1) is 16.8. The predicted molar refractivity (Wildman–Crippen MR) is 133 cm³/mol. The summed E-state index contributed by atoms with van der Waals surface area (Å²) in [6.45, 7) is 4.18. The molecule has 9 heteroatoms. The van der Waals surface area contributed by atoms with Gasteiger partial charge in [-0.05, 0) is 67.4 Å². The summed E-state index contributed by atoms with van der Waals surface area (Å²) in [5.41, 5.74) is 2.28. The number of nitrogens with one attached hydrogen (secondary N) is 1. The average molecular weight is 497 g/mol. The number of rotatable bonds is 8. The molecule has 1 heterocycles. The second kappa shape index (κ2) is 10.3. The van der Waals surface area contributed by atoms with Crippen LogP contribution in [0.15, 0.2) is 71.6 Å². The number of para-hydroxylation sites is 1. The number of hydrogen-bond acceptors (Lipinski definition) is 6. The Hall–Kier alpha value is -3.72. The third-order valence-electron chi connectivity index (χ3n) is 5.68. The Morgan fingerprint density at radius 3 is 2.54 bits per heavy atom. The molecule has 4 rings (SSSR count). The number of nitrogens with zero attached hydrogens (tertiary/aromatic N) is 1. The molecule has 0 saturated carbocycles. The maximum Gasteiger partial charge on any atom is 0.264 e. The van der Waals surface area contributed by atoms with Gasteiger partial charge in [0.05, 0.1) is 30.8 Å². The Kier molecular flexibility index (Phi) is 7.16. The van der Waals surface area contributed by atoms with E-state index in [4.69, 9.17) is 14.2 Å². The van der Waals surface area contributed by atoms with E-state index < -0.39 is 22.0 Å². The summed E-state index contributed by atoms with van der Waals surface area (Å²) in [5, 5.41) is 2.79. The number of ether oxygens (including phenoxy) is 3. The molecule has 0 radical (unpaired) electrons. The molecule has 1 N–H and O–H groups in total. The third kappa shape index (κ3) is 5.35. The number of sulfonamides is 1. The minimum Gasteiger partial charge on any atom is -0.497 e. The lowest BCUT2D eigenvalue weighted by atomic mass is 10.1. The monoisotopic (exact) mass is 496 g/mol. The van der Waals surface area contributed by atoms with Crippen molar-refractivity contribution in [2.24, 2.45) is 0 Å². The van der Waals surface area contributed by atoms with Crippen LogP contribution < -0.4 is 23.8 Å². The van der Waals surface area contributed by atoms with Crippen LogP contribution >= 0.6 is 0 Å². The zero-order chi connectivity index (χ0) is 25.0. The second-order valence-electron chi connectivity index (χ2n) is 8.19. The van der Waals surface area contributed by atoms with Crippen LogP contribution in [0.5, 0.6) is 17.2 Å². The Balaban J connectivity index is 1.50. The van der Waals surface area contributed by atoms with Crippen molar-refractivity contribution in [3.8, 4) is 17.2 Å². The predicted octanol–water partition coefficient (Wildman–Crippen LogP) is 3.46. The first-order valence-electron chi connectivity index (χ1n) is 11.2. The third-order valence-corrected chi connectivity index (χ3v) is 7.47. The molecule has 0 fully saturated rings. The molecule has 0 saturated heterocycles. The van der Waals surface area contributed by atoms with Crippen molar-refractivity contribution in [1.29, 1.82) is 0 Å². The van der Waals surface area contributed by atoms with E-state index in [9.17, 15) is 13.2 Å². The zero-order valence-electron chi connectivity index (χ0n) is 19.9. The molecule has 1 unspecified atom stereocenters. The molecule has 0 aliphatic carbocycles. The number of benzene rings is 3. The van der Waals surface area contributed by atoms with Crippen molar-refractivity contribution in [2.75, 3.05) is 31.1 Å². The number of amides is 1. The molecular weight excluding hydrogens is 468 g/mol. The summed E-state index contributed by atoms with van der Waals surface area (Å²) >= 11 is 0. The summed E-state index contributed by atoms with van der Waals surface area (Å²) in [6, 6.07) is 19.0. The highest BCUT2D eigenvalue weighted by molar-refractivity contribution is 7.92. The molecule has 0 aromatic heterocycles. The molecule has 8 nitrogen and oxygen atoms in total. The number of hydrogen-bond donors (Lipinski definition) is 1. The molecule has 1 amide bonds. The number of fused-ring (bicyclic) bond motifs is 1. The van der Waals surface area contributed by atoms with Crippen molar-refractivity contribution in [3.05, 3.63) is 77.9 Å². The minimum atomic E-state index is -3.95. The van der Waals surface area contributed by atoms with E-state index in [1.807, 2.05) is 44.2 Å². The average Bonchev–Trinajstić information content (AvgIpc) is 2.86. The molecule has 0 bridgehead atoms. The van der Waals surface area contributed by atoms with Crippen molar-refractivity contribution < 1.29 is 27.4 Å². The van der Waals surface area contributed by atoms with Crippen molar-refractivity contribution in [2.45, 2.75) is 24.8 Å². The Bertz CT molecular complexity index is 1310. The van der Waals surface area contributed by atoms with Crippen LogP contribution in [0.3, 0.4) is 0 Å². The summed E-state index contributed by atoms with van der Waals surface area (Å²) in [7, 11) is -2.44. The van der Waals surface area contributed by atoms with Crippen LogP contribution in [-0.4, -0.2) is 47.2 Å². The van der Waals surface area contributed by atoms with Crippen LogP contribution in [-0.2, 0) is 14.8 Å².